The number of ether oxygens (including phenoxy) is 6. The van der Waals surface area contributed by atoms with Crippen LogP contribution in [0.3, 0.4) is 0 Å². The molecule has 0 aromatic heterocycles. The first kappa shape index (κ1) is 49.1. The lowest BCUT2D eigenvalue weighted by Gasteiger charge is -2.49. The van der Waals surface area contributed by atoms with Gasteiger partial charge in [-0.3, -0.25) is 9.59 Å². The molecule has 1 aromatic carbocycles. The van der Waals surface area contributed by atoms with E-state index in [9.17, 15) is 24.9 Å². The smallest absolute Gasteiger partial charge is 0.311 e. The van der Waals surface area contributed by atoms with Crippen LogP contribution in [0.25, 0.3) is 0 Å². The van der Waals surface area contributed by atoms with Crippen LogP contribution in [-0.4, -0.2) is 132 Å². The maximum Gasteiger partial charge on any atom is 0.311 e. The number of rotatable bonds is 10. The Morgan fingerprint density at radius 2 is 1.59 bits per heavy atom. The van der Waals surface area contributed by atoms with E-state index >= 15 is 0 Å². The van der Waals surface area contributed by atoms with Crippen LogP contribution in [0.5, 0.6) is 0 Å². The number of carbonyl (C=O) groups excluding carboxylic acids is 2. The molecule has 3 saturated heterocycles. The maximum absolute atomic E-state index is 14.4. The monoisotopic (exact) mass is 834 g/mol. The van der Waals surface area contributed by atoms with Crippen LogP contribution in [0.1, 0.15) is 107 Å². The minimum Gasteiger partial charge on any atom is -0.459 e. The number of nitrogens with one attached hydrogen (secondary N) is 1. The third kappa shape index (κ3) is 12.1. The molecule has 3 aliphatic heterocycles. The van der Waals surface area contributed by atoms with Gasteiger partial charge in [0.25, 0.3) is 0 Å². The predicted molar refractivity (Wildman–Crippen MR) is 224 cm³/mol. The normalized spacial score (nSPS) is 42.6. The zero-order chi connectivity index (χ0) is 44.0. The van der Waals surface area contributed by atoms with Gasteiger partial charge in [0.05, 0.1) is 48.5 Å². The minimum absolute atomic E-state index is 0.0684. The van der Waals surface area contributed by atoms with Crippen LogP contribution in [0.2, 0.25) is 0 Å². The van der Waals surface area contributed by atoms with E-state index in [1.165, 1.54) is 6.92 Å². The molecule has 1 amide bonds. The molecule has 3 aliphatic rings. The topological polar surface area (TPSA) is 178 Å². The van der Waals surface area contributed by atoms with E-state index in [4.69, 9.17) is 28.4 Å². The number of carbonyl (C=O) groups is 2. The third-order valence-corrected chi connectivity index (χ3v) is 13.1. The van der Waals surface area contributed by atoms with Crippen molar-refractivity contribution in [3.05, 3.63) is 35.9 Å². The number of amides is 1. The number of benzene rings is 1. The fourth-order valence-electron chi connectivity index (χ4n) is 9.61. The number of aliphatic hydroxyl groups excluding tert-OH is 2. The molecule has 1 aromatic rings. The van der Waals surface area contributed by atoms with Gasteiger partial charge in [0.15, 0.2) is 12.6 Å². The molecule has 0 saturated carbocycles. The molecule has 59 heavy (non-hydrogen) atoms. The second kappa shape index (κ2) is 21.0. The Morgan fingerprint density at radius 3 is 2.19 bits per heavy atom. The first-order valence-electron chi connectivity index (χ1n) is 21.7. The number of aliphatic hydroxyl groups is 3. The van der Waals surface area contributed by atoms with Crippen molar-refractivity contribution in [1.82, 2.24) is 10.3 Å². The highest BCUT2D eigenvalue weighted by molar-refractivity contribution is 5.90. The summed E-state index contributed by atoms with van der Waals surface area (Å²) < 4.78 is 39.1. The summed E-state index contributed by atoms with van der Waals surface area (Å²) in [6, 6.07) is 9.03. The molecule has 17 unspecified atom stereocenters. The van der Waals surface area contributed by atoms with Gasteiger partial charge in [-0.2, -0.15) is 5.10 Å². The molecule has 3 fully saturated rings. The van der Waals surface area contributed by atoms with Crippen molar-refractivity contribution in [1.29, 1.82) is 0 Å². The van der Waals surface area contributed by atoms with Crippen molar-refractivity contribution in [2.45, 2.75) is 180 Å². The molecular formula is C45H75N3O11. The summed E-state index contributed by atoms with van der Waals surface area (Å²) in [5.74, 6) is -3.54. The summed E-state index contributed by atoms with van der Waals surface area (Å²) in [5, 5.41) is 40.5. The lowest BCUT2D eigenvalue weighted by molar-refractivity contribution is -0.309. The average molecular weight is 834 g/mol. The van der Waals surface area contributed by atoms with Gasteiger partial charge in [-0.1, -0.05) is 65.0 Å². The molecule has 4 N–H and O–H groups in total. The molecule has 14 heteroatoms. The number of hydrogen-bond acceptors (Lipinski definition) is 13. The highest BCUT2D eigenvalue weighted by atomic mass is 16.7. The van der Waals surface area contributed by atoms with Crippen LogP contribution in [0.15, 0.2) is 35.4 Å². The maximum atomic E-state index is 14.4. The Balaban J connectivity index is 1.87. The molecule has 0 bridgehead atoms. The summed E-state index contributed by atoms with van der Waals surface area (Å²) in [7, 11) is 5.40. The average Bonchev–Trinajstić information content (AvgIpc) is 3.17. The SMILES string of the molecule is CCC1OC(=O)C(C)C(OC2CC(C)CC(C)O2)C(C)C(OC2OC(C)CC(N(C)C)C2O)C(C)(OC)CC(C)C(=NNC(=O)Cc2ccccc2)C(C)C(O)C1(C)O. The Bertz CT molecular complexity index is 1520. The van der Waals surface area contributed by atoms with Crippen molar-refractivity contribution in [2.75, 3.05) is 21.2 Å². The first-order chi connectivity index (χ1) is 27.6. The van der Waals surface area contributed by atoms with Crippen molar-refractivity contribution in [3.63, 3.8) is 0 Å². The summed E-state index contributed by atoms with van der Waals surface area (Å²) in [6.45, 7) is 18.5. The quantitative estimate of drug-likeness (QED) is 0.187. The second-order valence-electron chi connectivity index (χ2n) is 18.5. The highest BCUT2D eigenvalue weighted by Crippen LogP contribution is 2.41. The number of likely N-dealkylation sites (N-methyl/N-ethyl adjacent to an activating group) is 1. The van der Waals surface area contributed by atoms with E-state index in [1.807, 2.05) is 83.9 Å². The fourth-order valence-corrected chi connectivity index (χ4v) is 9.61. The third-order valence-electron chi connectivity index (χ3n) is 13.1. The lowest BCUT2D eigenvalue weighted by atomic mass is 9.73. The number of hydrogen-bond donors (Lipinski definition) is 4. The summed E-state index contributed by atoms with van der Waals surface area (Å²) in [6.07, 6.45) is -4.81. The van der Waals surface area contributed by atoms with Crippen LogP contribution in [0.4, 0.5) is 0 Å². The second-order valence-corrected chi connectivity index (χ2v) is 18.5. The number of methoxy groups -OCH3 is 1. The number of hydrazone groups is 1. The summed E-state index contributed by atoms with van der Waals surface area (Å²) in [4.78, 5) is 29.6. The van der Waals surface area contributed by atoms with Crippen LogP contribution < -0.4 is 5.43 Å². The van der Waals surface area contributed by atoms with Gasteiger partial charge in [0, 0.05) is 37.1 Å². The van der Waals surface area contributed by atoms with E-state index in [0.717, 1.165) is 12.0 Å². The molecular weight excluding hydrogens is 759 g/mol. The van der Waals surface area contributed by atoms with Crippen LogP contribution in [-0.2, 0) is 44.4 Å². The fraction of sp³-hybridized carbons (Fsp3) is 0.800. The largest absolute Gasteiger partial charge is 0.459 e. The van der Waals surface area contributed by atoms with E-state index in [-0.39, 0.29) is 43.4 Å². The van der Waals surface area contributed by atoms with Gasteiger partial charge in [0.1, 0.15) is 17.8 Å². The van der Waals surface area contributed by atoms with E-state index in [0.29, 0.717) is 24.5 Å². The van der Waals surface area contributed by atoms with E-state index in [2.05, 4.69) is 17.5 Å². The molecule has 0 radical (unpaired) electrons. The Labute approximate surface area is 352 Å². The highest BCUT2D eigenvalue weighted by Gasteiger charge is 2.52. The van der Waals surface area contributed by atoms with Crippen molar-refractivity contribution in [3.8, 4) is 0 Å². The number of nitrogens with zero attached hydrogens (tertiary/aromatic N) is 2. The standard InChI is InChI=1S/C45H75N3O11/c1-14-34-45(10,53)40(51)29(6)37(47-46-35(49)23-32-18-16-15-17-19-32)26(3)24-44(9,54-13)41(59-43-38(50)33(48(11)12)22-28(5)56-43)30(7)39(31(8)42(52)57-34)58-36-21-25(2)20-27(4)55-36/h15-19,25-31,33-34,36,38-41,43,50-51,53H,14,20-24H2,1-13H3,(H,46,49). The molecule has 4 rings (SSSR count). The zero-order valence-corrected chi connectivity index (χ0v) is 37.8. The van der Waals surface area contributed by atoms with Crippen molar-refractivity contribution < 1.29 is 53.3 Å². The zero-order valence-electron chi connectivity index (χ0n) is 37.8. The lowest BCUT2D eigenvalue weighted by Crippen LogP contribution is -2.61. The van der Waals surface area contributed by atoms with Gasteiger partial charge >= 0.3 is 5.97 Å². The van der Waals surface area contributed by atoms with Gasteiger partial charge in [-0.05, 0) is 91.8 Å². The molecule has 14 nitrogen and oxygen atoms in total. The molecule has 17 atom stereocenters. The Kier molecular flexibility index (Phi) is 17.5. The summed E-state index contributed by atoms with van der Waals surface area (Å²) in [5.41, 5.74) is 0.791. The van der Waals surface area contributed by atoms with E-state index in [1.54, 1.807) is 27.9 Å². The summed E-state index contributed by atoms with van der Waals surface area (Å²) >= 11 is 0. The minimum atomic E-state index is -1.92. The molecule has 336 valence electrons. The Hall–Kier alpha value is -2.53. The van der Waals surface area contributed by atoms with Gasteiger partial charge in [-0.25, -0.2) is 5.43 Å². The molecule has 3 heterocycles. The number of cyclic esters (lactones) is 1. The predicted octanol–water partition coefficient (Wildman–Crippen LogP) is 4.85. The van der Waals surface area contributed by atoms with Gasteiger partial charge in [0.2, 0.25) is 5.91 Å². The van der Waals surface area contributed by atoms with Crippen molar-refractivity contribution >= 4 is 17.6 Å². The first-order valence-corrected chi connectivity index (χ1v) is 21.7. The van der Waals surface area contributed by atoms with Crippen LogP contribution >= 0.6 is 0 Å². The van der Waals surface area contributed by atoms with Crippen molar-refractivity contribution in [2.24, 2.45) is 34.7 Å². The van der Waals surface area contributed by atoms with Gasteiger partial charge < -0.3 is 48.6 Å². The van der Waals surface area contributed by atoms with E-state index < -0.39 is 83.9 Å². The molecule has 0 aliphatic carbocycles. The van der Waals surface area contributed by atoms with Gasteiger partial charge in [-0.15, -0.1) is 0 Å². The molecule has 0 spiro atoms. The van der Waals surface area contributed by atoms with Crippen LogP contribution in [0, 0.1) is 29.6 Å². The Morgan fingerprint density at radius 1 is 0.949 bits per heavy atom. The number of esters is 1.